The zero-order chi connectivity index (χ0) is 14.0. The second-order valence-electron chi connectivity index (χ2n) is 3.86. The fourth-order valence-electron chi connectivity index (χ4n) is 1.67. The van der Waals surface area contributed by atoms with E-state index >= 15 is 0 Å². The van der Waals surface area contributed by atoms with Gasteiger partial charge < -0.3 is 4.42 Å². The monoisotopic (exact) mass is 279 g/mol. The summed E-state index contributed by atoms with van der Waals surface area (Å²) in [5.41, 5.74) is 0.141. The summed E-state index contributed by atoms with van der Waals surface area (Å²) in [6.45, 7) is 1.72. The van der Waals surface area contributed by atoms with Gasteiger partial charge in [0.25, 0.3) is 5.69 Å². The highest BCUT2D eigenvalue weighted by molar-refractivity contribution is 6.30. The van der Waals surface area contributed by atoms with Crippen molar-refractivity contribution in [3.8, 4) is 11.3 Å². The van der Waals surface area contributed by atoms with Gasteiger partial charge in [0.15, 0.2) is 11.5 Å². The molecule has 0 atom stereocenters. The number of carbonyl (C=O) groups excluding carboxylic acids is 1. The number of Topliss-reactive ketones (excluding diaryl/α,β-unsaturated/α-hetero) is 1. The topological polar surface area (TPSA) is 73.3 Å². The first-order valence-corrected chi connectivity index (χ1v) is 5.98. The van der Waals surface area contributed by atoms with Crippen LogP contribution in [0.4, 0.5) is 5.69 Å². The Morgan fingerprint density at radius 3 is 2.74 bits per heavy atom. The smallest absolute Gasteiger partial charge is 0.281 e. The van der Waals surface area contributed by atoms with E-state index in [2.05, 4.69) is 0 Å². The van der Waals surface area contributed by atoms with E-state index in [0.717, 1.165) is 0 Å². The van der Waals surface area contributed by atoms with Crippen molar-refractivity contribution < 1.29 is 14.1 Å². The minimum absolute atomic E-state index is 0.150. The number of furan rings is 1. The maximum atomic E-state index is 11.5. The van der Waals surface area contributed by atoms with Crippen molar-refractivity contribution in [1.82, 2.24) is 0 Å². The molecule has 5 nitrogen and oxygen atoms in total. The van der Waals surface area contributed by atoms with E-state index in [1.54, 1.807) is 13.0 Å². The van der Waals surface area contributed by atoms with Crippen molar-refractivity contribution in [1.29, 1.82) is 0 Å². The van der Waals surface area contributed by atoms with Gasteiger partial charge in [-0.3, -0.25) is 14.9 Å². The quantitative estimate of drug-likeness (QED) is 0.480. The molecule has 1 aromatic carbocycles. The normalized spacial score (nSPS) is 10.4. The Morgan fingerprint density at radius 2 is 2.11 bits per heavy atom. The second kappa shape index (κ2) is 5.24. The number of nitro groups is 1. The van der Waals surface area contributed by atoms with E-state index in [1.807, 2.05) is 0 Å². The van der Waals surface area contributed by atoms with Crippen LogP contribution in [0.15, 0.2) is 34.7 Å². The summed E-state index contributed by atoms with van der Waals surface area (Å²) < 4.78 is 5.36. The predicted octanol–water partition coefficient (Wildman–Crippen LogP) is 4.10. The maximum Gasteiger partial charge on any atom is 0.281 e. The summed E-state index contributed by atoms with van der Waals surface area (Å²) in [4.78, 5) is 21.9. The number of halogens is 1. The van der Waals surface area contributed by atoms with E-state index in [4.69, 9.17) is 16.0 Å². The molecule has 0 unspecified atom stereocenters. The van der Waals surface area contributed by atoms with Crippen molar-refractivity contribution in [2.45, 2.75) is 13.3 Å². The number of carbonyl (C=O) groups is 1. The van der Waals surface area contributed by atoms with Gasteiger partial charge in [-0.15, -0.1) is 0 Å². The van der Waals surface area contributed by atoms with Gasteiger partial charge in [0.2, 0.25) is 0 Å². The first kappa shape index (κ1) is 13.3. The van der Waals surface area contributed by atoms with Gasteiger partial charge in [-0.1, -0.05) is 18.5 Å². The highest BCUT2D eigenvalue weighted by Gasteiger charge is 2.19. The molecule has 0 aliphatic heterocycles. The van der Waals surface area contributed by atoms with Gasteiger partial charge in [-0.2, -0.15) is 0 Å². The summed E-state index contributed by atoms with van der Waals surface area (Å²) in [5.74, 6) is 0.324. The molecule has 98 valence electrons. The SMILES string of the molecule is CCC(=O)c1ccc(-c2ccc(Cl)cc2[N+](=O)[O-])o1. The number of ketones is 1. The molecule has 1 heterocycles. The number of rotatable bonds is 4. The Morgan fingerprint density at radius 1 is 1.37 bits per heavy atom. The zero-order valence-electron chi connectivity index (χ0n) is 10.1. The molecule has 0 N–H and O–H groups in total. The van der Waals surface area contributed by atoms with Crippen molar-refractivity contribution >= 4 is 23.1 Å². The van der Waals surface area contributed by atoms with Gasteiger partial charge in [-0.25, -0.2) is 0 Å². The van der Waals surface area contributed by atoms with Crippen LogP contribution in [0.25, 0.3) is 11.3 Å². The van der Waals surface area contributed by atoms with Crippen LogP contribution in [0.1, 0.15) is 23.9 Å². The minimum Gasteiger partial charge on any atom is -0.453 e. The zero-order valence-corrected chi connectivity index (χ0v) is 10.8. The molecule has 0 aliphatic rings. The van der Waals surface area contributed by atoms with Crippen LogP contribution in [0.5, 0.6) is 0 Å². The Kier molecular flexibility index (Phi) is 3.66. The lowest BCUT2D eigenvalue weighted by Crippen LogP contribution is -1.93. The highest BCUT2D eigenvalue weighted by atomic mass is 35.5. The molecule has 0 spiro atoms. The first-order valence-electron chi connectivity index (χ1n) is 5.60. The molecular weight excluding hydrogens is 270 g/mol. The van der Waals surface area contributed by atoms with E-state index < -0.39 is 4.92 Å². The molecule has 2 rings (SSSR count). The molecule has 0 amide bonds. The highest BCUT2D eigenvalue weighted by Crippen LogP contribution is 2.33. The molecular formula is C13H10ClNO4. The fourth-order valence-corrected chi connectivity index (χ4v) is 1.84. The Balaban J connectivity index is 2.50. The van der Waals surface area contributed by atoms with Crippen LogP contribution in [0, 0.1) is 10.1 Å². The Bertz CT molecular complexity index is 648. The molecule has 6 heteroatoms. The van der Waals surface area contributed by atoms with E-state index in [1.165, 1.54) is 24.3 Å². The molecule has 0 radical (unpaired) electrons. The van der Waals surface area contributed by atoms with Gasteiger partial charge in [0, 0.05) is 17.5 Å². The van der Waals surface area contributed by atoms with Crippen LogP contribution in [-0.4, -0.2) is 10.7 Å². The standard InChI is InChI=1S/C13H10ClNO4/c1-2-11(16)13-6-5-12(19-13)9-4-3-8(14)7-10(9)15(17)18/h3-7H,2H2,1H3. The predicted molar refractivity (Wildman–Crippen MR) is 70.4 cm³/mol. The number of nitro benzene ring substituents is 1. The van der Waals surface area contributed by atoms with E-state index in [0.29, 0.717) is 12.0 Å². The summed E-state index contributed by atoms with van der Waals surface area (Å²) in [7, 11) is 0. The van der Waals surface area contributed by atoms with Crippen molar-refractivity contribution in [3.63, 3.8) is 0 Å². The molecule has 2 aromatic rings. The summed E-state index contributed by atoms with van der Waals surface area (Å²) in [6, 6.07) is 7.34. The van der Waals surface area contributed by atoms with Crippen molar-refractivity contribution in [2.75, 3.05) is 0 Å². The van der Waals surface area contributed by atoms with Gasteiger partial charge >= 0.3 is 0 Å². The third-order valence-electron chi connectivity index (χ3n) is 2.62. The summed E-state index contributed by atoms with van der Waals surface area (Å²) >= 11 is 5.74. The van der Waals surface area contributed by atoms with Crippen LogP contribution < -0.4 is 0 Å². The van der Waals surface area contributed by atoms with Crippen molar-refractivity contribution in [3.05, 3.63) is 51.2 Å². The van der Waals surface area contributed by atoms with Crippen LogP contribution in [0.3, 0.4) is 0 Å². The first-order chi connectivity index (χ1) is 9.02. The van der Waals surface area contributed by atoms with Crippen LogP contribution >= 0.6 is 11.6 Å². The molecule has 0 bridgehead atoms. The van der Waals surface area contributed by atoms with E-state index in [9.17, 15) is 14.9 Å². The van der Waals surface area contributed by atoms with Gasteiger partial charge in [-0.05, 0) is 24.3 Å². The maximum absolute atomic E-state index is 11.5. The number of nitrogens with zero attached hydrogens (tertiary/aromatic N) is 1. The molecule has 0 fully saturated rings. The Hall–Kier alpha value is -2.14. The minimum atomic E-state index is -0.537. The third-order valence-corrected chi connectivity index (χ3v) is 2.86. The summed E-state index contributed by atoms with van der Waals surface area (Å²) in [6.07, 6.45) is 0.315. The average Bonchev–Trinajstić information content (AvgIpc) is 2.87. The van der Waals surface area contributed by atoms with Crippen LogP contribution in [0.2, 0.25) is 5.02 Å². The largest absolute Gasteiger partial charge is 0.453 e. The van der Waals surface area contributed by atoms with Crippen LogP contribution in [-0.2, 0) is 0 Å². The number of benzene rings is 1. The lowest BCUT2D eigenvalue weighted by molar-refractivity contribution is -0.384. The fraction of sp³-hybridized carbons (Fsp3) is 0.154. The third kappa shape index (κ3) is 2.66. The van der Waals surface area contributed by atoms with E-state index in [-0.39, 0.29) is 28.0 Å². The summed E-state index contributed by atoms with van der Waals surface area (Å²) in [5, 5.41) is 11.3. The molecule has 0 saturated carbocycles. The van der Waals surface area contributed by atoms with Gasteiger partial charge in [0.05, 0.1) is 10.5 Å². The number of hydrogen-bond donors (Lipinski definition) is 0. The molecule has 1 aromatic heterocycles. The molecule has 19 heavy (non-hydrogen) atoms. The Labute approximate surface area is 113 Å². The van der Waals surface area contributed by atoms with Gasteiger partial charge in [0.1, 0.15) is 5.76 Å². The molecule has 0 aliphatic carbocycles. The molecule has 0 saturated heterocycles. The van der Waals surface area contributed by atoms with Crippen molar-refractivity contribution in [2.24, 2.45) is 0 Å². The number of hydrogen-bond acceptors (Lipinski definition) is 4. The average molecular weight is 280 g/mol. The lowest BCUT2D eigenvalue weighted by atomic mass is 10.1. The second-order valence-corrected chi connectivity index (χ2v) is 4.30. The lowest BCUT2D eigenvalue weighted by Gasteiger charge is -2.00.